The summed E-state index contributed by atoms with van der Waals surface area (Å²) in [4.78, 5) is 13.8. The van der Waals surface area contributed by atoms with Gasteiger partial charge in [0.05, 0.1) is 5.56 Å². The number of halogens is 3. The zero-order chi connectivity index (χ0) is 12.4. The van der Waals surface area contributed by atoms with E-state index in [4.69, 9.17) is 11.6 Å². The molecule has 1 fully saturated rings. The monoisotopic (exact) mass is 292 g/mol. The zero-order valence-electron chi connectivity index (χ0n) is 9.95. The number of piperazine rings is 1. The van der Waals surface area contributed by atoms with Crippen molar-refractivity contribution in [2.75, 3.05) is 19.6 Å². The van der Waals surface area contributed by atoms with Crippen LogP contribution in [0, 0.1) is 5.82 Å². The van der Waals surface area contributed by atoms with E-state index in [0.29, 0.717) is 18.1 Å². The second-order valence-corrected chi connectivity index (χ2v) is 4.67. The molecule has 1 aromatic carbocycles. The first-order valence-corrected chi connectivity index (χ1v) is 5.93. The van der Waals surface area contributed by atoms with Crippen LogP contribution in [0.3, 0.4) is 0 Å². The fourth-order valence-electron chi connectivity index (χ4n) is 1.95. The summed E-state index contributed by atoms with van der Waals surface area (Å²) >= 11 is 5.66. The maximum atomic E-state index is 13.6. The van der Waals surface area contributed by atoms with Crippen LogP contribution in [0.25, 0.3) is 0 Å². The van der Waals surface area contributed by atoms with E-state index in [1.54, 1.807) is 4.90 Å². The molecule has 0 spiro atoms. The average Bonchev–Trinajstić information content (AvgIpc) is 2.28. The molecule has 0 aliphatic carbocycles. The molecule has 0 aromatic heterocycles. The predicted octanol–water partition coefficient (Wildman–Crippen LogP) is 2.33. The molecule has 1 N–H and O–H groups in total. The van der Waals surface area contributed by atoms with Crippen molar-refractivity contribution in [2.24, 2.45) is 0 Å². The Bertz CT molecular complexity index is 442. The standard InChI is InChI=1S/C12H14ClFN2O.ClH/c1-8-7-16(5-4-15-8)12(17)10-3-2-9(13)6-11(10)14;/h2-3,6,8,15H,4-5,7H2,1H3;1H. The molecule has 1 aromatic rings. The number of carbonyl (C=O) groups excluding carboxylic acids is 1. The first-order chi connectivity index (χ1) is 8.08. The summed E-state index contributed by atoms with van der Waals surface area (Å²) in [7, 11) is 0. The highest BCUT2D eigenvalue weighted by Gasteiger charge is 2.23. The quantitative estimate of drug-likeness (QED) is 0.862. The fourth-order valence-corrected chi connectivity index (χ4v) is 2.11. The van der Waals surface area contributed by atoms with E-state index in [9.17, 15) is 9.18 Å². The number of benzene rings is 1. The molecule has 1 aliphatic rings. The first kappa shape index (κ1) is 15.2. The third-order valence-electron chi connectivity index (χ3n) is 2.82. The molecule has 1 aliphatic heterocycles. The van der Waals surface area contributed by atoms with Gasteiger partial charge in [-0.2, -0.15) is 0 Å². The lowest BCUT2D eigenvalue weighted by molar-refractivity contribution is 0.0704. The van der Waals surface area contributed by atoms with Gasteiger partial charge in [0.25, 0.3) is 5.91 Å². The molecule has 1 amide bonds. The summed E-state index contributed by atoms with van der Waals surface area (Å²) in [5.41, 5.74) is 0.0866. The number of nitrogens with one attached hydrogen (secondary N) is 1. The van der Waals surface area contributed by atoms with Crippen molar-refractivity contribution in [3.63, 3.8) is 0 Å². The molecule has 1 heterocycles. The maximum Gasteiger partial charge on any atom is 0.256 e. The van der Waals surface area contributed by atoms with E-state index < -0.39 is 5.82 Å². The number of hydrogen-bond acceptors (Lipinski definition) is 2. The van der Waals surface area contributed by atoms with Crippen molar-refractivity contribution < 1.29 is 9.18 Å². The number of nitrogens with zero attached hydrogens (tertiary/aromatic N) is 1. The normalized spacial score (nSPS) is 19.3. The Morgan fingerprint density at radius 2 is 2.28 bits per heavy atom. The molecule has 0 saturated carbocycles. The summed E-state index contributed by atoms with van der Waals surface area (Å²) < 4.78 is 13.6. The van der Waals surface area contributed by atoms with Crippen molar-refractivity contribution in [3.05, 3.63) is 34.6 Å². The Kier molecular flexibility index (Phi) is 5.38. The van der Waals surface area contributed by atoms with Gasteiger partial charge in [-0.15, -0.1) is 12.4 Å². The van der Waals surface area contributed by atoms with Crippen LogP contribution in [-0.2, 0) is 0 Å². The topological polar surface area (TPSA) is 32.3 Å². The van der Waals surface area contributed by atoms with Gasteiger partial charge in [0.1, 0.15) is 5.82 Å². The molecule has 6 heteroatoms. The highest BCUT2D eigenvalue weighted by atomic mass is 35.5. The molecule has 1 unspecified atom stereocenters. The summed E-state index contributed by atoms with van der Waals surface area (Å²) in [6.07, 6.45) is 0. The van der Waals surface area contributed by atoms with Crippen molar-refractivity contribution in [2.45, 2.75) is 13.0 Å². The lowest BCUT2D eigenvalue weighted by Gasteiger charge is -2.32. The summed E-state index contributed by atoms with van der Waals surface area (Å²) in [5, 5.41) is 3.53. The van der Waals surface area contributed by atoms with Crippen LogP contribution in [0.15, 0.2) is 18.2 Å². The average molecular weight is 293 g/mol. The smallest absolute Gasteiger partial charge is 0.256 e. The van der Waals surface area contributed by atoms with E-state index in [0.717, 1.165) is 6.54 Å². The van der Waals surface area contributed by atoms with Gasteiger partial charge in [0.2, 0.25) is 0 Å². The Balaban J connectivity index is 0.00000162. The van der Waals surface area contributed by atoms with Crippen LogP contribution in [0.1, 0.15) is 17.3 Å². The molecule has 18 heavy (non-hydrogen) atoms. The molecule has 1 atom stereocenters. The molecule has 100 valence electrons. The molecule has 2 rings (SSSR count). The van der Waals surface area contributed by atoms with E-state index in [1.165, 1.54) is 18.2 Å². The maximum absolute atomic E-state index is 13.6. The summed E-state index contributed by atoms with van der Waals surface area (Å²) in [6, 6.07) is 4.37. The Hall–Kier alpha value is -0.840. The second kappa shape index (κ2) is 6.36. The SMILES string of the molecule is CC1CN(C(=O)c2ccc(Cl)cc2F)CCN1.Cl. The van der Waals surface area contributed by atoms with Crippen molar-refractivity contribution in [1.82, 2.24) is 10.2 Å². The number of hydrogen-bond donors (Lipinski definition) is 1. The Labute approximate surface area is 117 Å². The molecule has 1 saturated heterocycles. The number of carbonyl (C=O) groups is 1. The van der Waals surface area contributed by atoms with Crippen LogP contribution in [0.4, 0.5) is 4.39 Å². The molecule has 0 radical (unpaired) electrons. The Morgan fingerprint density at radius 1 is 1.56 bits per heavy atom. The third kappa shape index (κ3) is 3.34. The largest absolute Gasteiger partial charge is 0.336 e. The first-order valence-electron chi connectivity index (χ1n) is 5.55. The lowest BCUT2D eigenvalue weighted by atomic mass is 10.1. The van der Waals surface area contributed by atoms with Crippen LogP contribution in [0.5, 0.6) is 0 Å². The summed E-state index contributed by atoms with van der Waals surface area (Å²) in [6.45, 7) is 3.94. The highest BCUT2D eigenvalue weighted by molar-refractivity contribution is 6.30. The van der Waals surface area contributed by atoms with E-state index in [1.807, 2.05) is 6.92 Å². The Morgan fingerprint density at radius 3 is 2.89 bits per heavy atom. The van der Waals surface area contributed by atoms with Crippen molar-refractivity contribution >= 4 is 29.9 Å². The van der Waals surface area contributed by atoms with Gasteiger partial charge < -0.3 is 10.2 Å². The lowest BCUT2D eigenvalue weighted by Crippen LogP contribution is -2.51. The van der Waals surface area contributed by atoms with Gasteiger partial charge in [0, 0.05) is 30.7 Å². The van der Waals surface area contributed by atoms with Gasteiger partial charge in [0.15, 0.2) is 0 Å². The van der Waals surface area contributed by atoms with Crippen LogP contribution < -0.4 is 5.32 Å². The van der Waals surface area contributed by atoms with E-state index in [-0.39, 0.29) is 29.9 Å². The highest BCUT2D eigenvalue weighted by Crippen LogP contribution is 2.17. The van der Waals surface area contributed by atoms with Gasteiger partial charge in [-0.1, -0.05) is 11.6 Å². The summed E-state index contributed by atoms with van der Waals surface area (Å²) in [5.74, 6) is -0.832. The minimum atomic E-state index is -0.561. The van der Waals surface area contributed by atoms with Gasteiger partial charge in [-0.05, 0) is 25.1 Å². The fraction of sp³-hybridized carbons (Fsp3) is 0.417. The second-order valence-electron chi connectivity index (χ2n) is 4.23. The number of rotatable bonds is 1. The minimum absolute atomic E-state index is 0. The third-order valence-corrected chi connectivity index (χ3v) is 3.05. The minimum Gasteiger partial charge on any atom is -0.336 e. The van der Waals surface area contributed by atoms with Crippen LogP contribution >= 0.6 is 24.0 Å². The molecule has 3 nitrogen and oxygen atoms in total. The number of amides is 1. The van der Waals surface area contributed by atoms with Crippen molar-refractivity contribution in [1.29, 1.82) is 0 Å². The zero-order valence-corrected chi connectivity index (χ0v) is 11.5. The van der Waals surface area contributed by atoms with Gasteiger partial charge in [-0.3, -0.25) is 4.79 Å². The van der Waals surface area contributed by atoms with Gasteiger partial charge >= 0.3 is 0 Å². The van der Waals surface area contributed by atoms with Crippen LogP contribution in [-0.4, -0.2) is 36.5 Å². The van der Waals surface area contributed by atoms with Crippen molar-refractivity contribution in [3.8, 4) is 0 Å². The van der Waals surface area contributed by atoms with Gasteiger partial charge in [-0.25, -0.2) is 4.39 Å². The molecular formula is C12H15Cl2FN2O. The van der Waals surface area contributed by atoms with Crippen LogP contribution in [0.2, 0.25) is 5.02 Å². The van der Waals surface area contributed by atoms with E-state index in [2.05, 4.69) is 5.32 Å². The predicted molar refractivity (Wildman–Crippen MR) is 72.0 cm³/mol. The molecular weight excluding hydrogens is 278 g/mol. The van der Waals surface area contributed by atoms with E-state index >= 15 is 0 Å². The molecule has 0 bridgehead atoms.